The minimum Gasteiger partial charge on any atom is -0.303 e. The fourth-order valence-corrected chi connectivity index (χ4v) is 1.33. The number of allylic oxidation sites excluding steroid dienone is 4. The Bertz CT molecular complexity index is 309. The third-order valence-corrected chi connectivity index (χ3v) is 2.70. The van der Waals surface area contributed by atoms with Gasteiger partial charge in [0, 0.05) is 12.8 Å². The molecule has 96 valence electrons. The first-order valence-electron chi connectivity index (χ1n) is 6.22. The fourth-order valence-electron chi connectivity index (χ4n) is 1.33. The summed E-state index contributed by atoms with van der Waals surface area (Å²) < 4.78 is 0. The van der Waals surface area contributed by atoms with Crippen LogP contribution in [-0.4, -0.2) is 12.1 Å². The Hall–Kier alpha value is -1.18. The molecular formula is C15H24O2. The van der Waals surface area contributed by atoms with Crippen molar-refractivity contribution in [3.8, 4) is 0 Å². The van der Waals surface area contributed by atoms with Crippen molar-refractivity contribution in [2.24, 2.45) is 5.41 Å². The van der Waals surface area contributed by atoms with Crippen LogP contribution in [0.1, 0.15) is 53.4 Å². The summed E-state index contributed by atoms with van der Waals surface area (Å²) in [5.41, 5.74) is 1.23. The topological polar surface area (TPSA) is 34.1 Å². The van der Waals surface area contributed by atoms with Crippen LogP contribution >= 0.6 is 0 Å². The molecule has 0 spiro atoms. The summed E-state index contributed by atoms with van der Waals surface area (Å²) in [5, 5.41) is 0. The Morgan fingerprint density at radius 1 is 1.29 bits per heavy atom. The molecule has 0 rings (SSSR count). The molecule has 0 heterocycles. The second kappa shape index (κ2) is 7.99. The van der Waals surface area contributed by atoms with Crippen molar-refractivity contribution in [3.63, 3.8) is 0 Å². The van der Waals surface area contributed by atoms with Crippen LogP contribution < -0.4 is 0 Å². The molecule has 0 radical (unpaired) electrons. The predicted octanol–water partition coefficient (Wildman–Crippen LogP) is 3.86. The van der Waals surface area contributed by atoms with Crippen molar-refractivity contribution in [3.05, 3.63) is 23.8 Å². The first-order chi connectivity index (χ1) is 7.91. The number of carbonyl (C=O) groups is 2. The van der Waals surface area contributed by atoms with Gasteiger partial charge in [0.2, 0.25) is 0 Å². The molecule has 0 aliphatic heterocycles. The number of aldehydes is 1. The van der Waals surface area contributed by atoms with E-state index in [0.29, 0.717) is 12.8 Å². The summed E-state index contributed by atoms with van der Waals surface area (Å²) in [6, 6.07) is 0. The smallest absolute Gasteiger partial charge is 0.155 e. The van der Waals surface area contributed by atoms with Crippen molar-refractivity contribution < 1.29 is 9.59 Å². The van der Waals surface area contributed by atoms with Gasteiger partial charge in [0.25, 0.3) is 0 Å². The Kier molecular flexibility index (Phi) is 7.44. The molecular weight excluding hydrogens is 212 g/mol. The lowest BCUT2D eigenvalue weighted by atomic mass is 9.87. The molecule has 0 saturated carbocycles. The normalized spacial score (nSPS) is 13.1. The molecule has 0 aliphatic rings. The maximum Gasteiger partial charge on any atom is 0.155 e. The monoisotopic (exact) mass is 236 g/mol. The lowest BCUT2D eigenvalue weighted by Crippen LogP contribution is -2.07. The zero-order valence-corrected chi connectivity index (χ0v) is 11.5. The van der Waals surface area contributed by atoms with Crippen LogP contribution in [0.15, 0.2) is 23.8 Å². The molecule has 0 aliphatic carbocycles. The maximum atomic E-state index is 11.2. The summed E-state index contributed by atoms with van der Waals surface area (Å²) in [5.74, 6) is 0.166. The number of hydrogen-bond donors (Lipinski definition) is 0. The second-order valence-corrected chi connectivity index (χ2v) is 5.10. The van der Waals surface area contributed by atoms with E-state index < -0.39 is 0 Å². The average Bonchev–Trinajstić information content (AvgIpc) is 2.31. The fraction of sp³-hybridized carbons (Fsp3) is 0.600. The third-order valence-electron chi connectivity index (χ3n) is 2.70. The standard InChI is InChI=1S/C15H24O2/c1-5-14(17)9-11-15(3,4)10-8-13(2)7-6-12-16/h8-9,11-12H,5-7,10H2,1-4H3/b11-9+,13-8+. The summed E-state index contributed by atoms with van der Waals surface area (Å²) in [6.45, 7) is 8.12. The molecule has 2 heteroatoms. The quantitative estimate of drug-likeness (QED) is 0.364. The molecule has 0 aromatic rings. The highest BCUT2D eigenvalue weighted by Gasteiger charge is 2.12. The highest BCUT2D eigenvalue weighted by atomic mass is 16.1. The van der Waals surface area contributed by atoms with Gasteiger partial charge in [-0.05, 0) is 31.3 Å². The second-order valence-electron chi connectivity index (χ2n) is 5.10. The average molecular weight is 236 g/mol. The van der Waals surface area contributed by atoms with E-state index in [4.69, 9.17) is 0 Å². The van der Waals surface area contributed by atoms with E-state index in [1.807, 2.05) is 19.9 Å². The van der Waals surface area contributed by atoms with Crippen molar-refractivity contribution in [2.45, 2.75) is 53.4 Å². The molecule has 0 amide bonds. The van der Waals surface area contributed by atoms with E-state index in [-0.39, 0.29) is 11.2 Å². The Labute approximate surface area is 105 Å². The molecule has 17 heavy (non-hydrogen) atoms. The van der Waals surface area contributed by atoms with E-state index >= 15 is 0 Å². The largest absolute Gasteiger partial charge is 0.303 e. The zero-order chi connectivity index (χ0) is 13.3. The maximum absolute atomic E-state index is 11.2. The van der Waals surface area contributed by atoms with E-state index in [1.54, 1.807) is 6.08 Å². The van der Waals surface area contributed by atoms with E-state index in [1.165, 1.54) is 5.57 Å². The van der Waals surface area contributed by atoms with Crippen molar-refractivity contribution in [2.75, 3.05) is 0 Å². The van der Waals surface area contributed by atoms with E-state index in [2.05, 4.69) is 19.9 Å². The first-order valence-corrected chi connectivity index (χ1v) is 6.22. The SMILES string of the molecule is CCC(=O)/C=C/C(C)(C)C/C=C(\C)CCC=O. The van der Waals surface area contributed by atoms with Gasteiger partial charge in [0.05, 0.1) is 0 Å². The summed E-state index contributed by atoms with van der Waals surface area (Å²) >= 11 is 0. The van der Waals surface area contributed by atoms with Gasteiger partial charge < -0.3 is 4.79 Å². The van der Waals surface area contributed by atoms with Gasteiger partial charge in [-0.1, -0.05) is 38.5 Å². The van der Waals surface area contributed by atoms with Crippen molar-refractivity contribution >= 4 is 12.1 Å². The lowest BCUT2D eigenvalue weighted by Gasteiger charge is -2.18. The van der Waals surface area contributed by atoms with Gasteiger partial charge in [-0.25, -0.2) is 0 Å². The Balaban J connectivity index is 4.29. The number of hydrogen-bond acceptors (Lipinski definition) is 2. The van der Waals surface area contributed by atoms with Crippen LogP contribution in [0.5, 0.6) is 0 Å². The molecule has 0 saturated heterocycles. The lowest BCUT2D eigenvalue weighted by molar-refractivity contribution is -0.114. The minimum atomic E-state index is -0.00668. The molecule has 2 nitrogen and oxygen atoms in total. The molecule has 0 N–H and O–H groups in total. The molecule has 0 atom stereocenters. The van der Waals surface area contributed by atoms with E-state index in [0.717, 1.165) is 19.1 Å². The van der Waals surface area contributed by atoms with Crippen LogP contribution in [0.2, 0.25) is 0 Å². The van der Waals surface area contributed by atoms with Gasteiger partial charge in [0.1, 0.15) is 6.29 Å². The predicted molar refractivity (Wildman–Crippen MR) is 71.9 cm³/mol. The van der Waals surface area contributed by atoms with Crippen molar-refractivity contribution in [1.29, 1.82) is 0 Å². The minimum absolute atomic E-state index is 0.00668. The zero-order valence-electron chi connectivity index (χ0n) is 11.5. The van der Waals surface area contributed by atoms with Crippen LogP contribution in [0.4, 0.5) is 0 Å². The van der Waals surface area contributed by atoms with Gasteiger partial charge in [-0.2, -0.15) is 0 Å². The van der Waals surface area contributed by atoms with Crippen molar-refractivity contribution in [1.82, 2.24) is 0 Å². The molecule has 0 unspecified atom stereocenters. The number of rotatable bonds is 8. The highest BCUT2D eigenvalue weighted by Crippen LogP contribution is 2.24. The molecule has 0 aromatic carbocycles. The molecule has 0 bridgehead atoms. The van der Waals surface area contributed by atoms with Crippen LogP contribution in [0.25, 0.3) is 0 Å². The molecule has 0 aromatic heterocycles. The Morgan fingerprint density at radius 2 is 1.94 bits per heavy atom. The van der Waals surface area contributed by atoms with Crippen LogP contribution in [0, 0.1) is 5.41 Å². The third kappa shape index (κ3) is 8.61. The summed E-state index contributed by atoms with van der Waals surface area (Å²) in [4.78, 5) is 21.4. The summed E-state index contributed by atoms with van der Waals surface area (Å²) in [6.07, 6.45) is 9.62. The Morgan fingerprint density at radius 3 is 2.47 bits per heavy atom. The van der Waals surface area contributed by atoms with Gasteiger partial charge in [-0.15, -0.1) is 0 Å². The van der Waals surface area contributed by atoms with Gasteiger partial charge >= 0.3 is 0 Å². The number of carbonyl (C=O) groups excluding carboxylic acids is 2. The van der Waals surface area contributed by atoms with Gasteiger partial charge in [0.15, 0.2) is 5.78 Å². The van der Waals surface area contributed by atoms with E-state index in [9.17, 15) is 9.59 Å². The first kappa shape index (κ1) is 15.8. The molecule has 0 fully saturated rings. The highest BCUT2D eigenvalue weighted by molar-refractivity contribution is 5.89. The van der Waals surface area contributed by atoms with Gasteiger partial charge in [-0.3, -0.25) is 4.79 Å². The van der Waals surface area contributed by atoms with Crippen LogP contribution in [-0.2, 0) is 9.59 Å². The van der Waals surface area contributed by atoms with Crippen LogP contribution in [0.3, 0.4) is 0 Å². The summed E-state index contributed by atoms with van der Waals surface area (Å²) in [7, 11) is 0. The number of ketones is 1.